The van der Waals surface area contributed by atoms with Crippen LogP contribution >= 0.6 is 11.6 Å². The number of nitrogens with one attached hydrogen (secondary N) is 1. The molecule has 1 saturated heterocycles. The van der Waals surface area contributed by atoms with Crippen LogP contribution in [0.3, 0.4) is 0 Å². The number of nitrogens with zero attached hydrogens (tertiary/aromatic N) is 1. The van der Waals surface area contributed by atoms with Crippen molar-refractivity contribution in [2.45, 2.75) is 32.9 Å². The van der Waals surface area contributed by atoms with Gasteiger partial charge in [0, 0.05) is 19.1 Å². The summed E-state index contributed by atoms with van der Waals surface area (Å²) >= 11 is 5.76. The standard InChI is InChI=1S/C15H22ClFN2/c1-11(2)19-6-5-13(10-19)9-18-8-12-3-4-15(17)14(16)7-12/h3-4,7,11,13,18H,5-6,8-10H2,1-2H3. The van der Waals surface area contributed by atoms with Gasteiger partial charge in [-0.3, -0.25) is 0 Å². The lowest BCUT2D eigenvalue weighted by Gasteiger charge is -2.20. The highest BCUT2D eigenvalue weighted by molar-refractivity contribution is 6.30. The number of halogens is 2. The summed E-state index contributed by atoms with van der Waals surface area (Å²) in [7, 11) is 0. The van der Waals surface area contributed by atoms with Gasteiger partial charge in [-0.05, 0) is 57.0 Å². The molecule has 1 N–H and O–H groups in total. The van der Waals surface area contributed by atoms with Gasteiger partial charge in [-0.25, -0.2) is 4.39 Å². The molecule has 0 radical (unpaired) electrons. The average Bonchev–Trinajstić information content (AvgIpc) is 2.83. The molecule has 1 aromatic rings. The molecule has 0 aromatic heterocycles. The van der Waals surface area contributed by atoms with Crippen LogP contribution in [0.5, 0.6) is 0 Å². The molecule has 1 aliphatic heterocycles. The lowest BCUT2D eigenvalue weighted by atomic mass is 10.1. The molecule has 106 valence electrons. The largest absolute Gasteiger partial charge is 0.312 e. The molecule has 1 aromatic carbocycles. The van der Waals surface area contributed by atoms with E-state index in [4.69, 9.17) is 11.6 Å². The summed E-state index contributed by atoms with van der Waals surface area (Å²) in [6.45, 7) is 8.63. The second-order valence-corrected chi connectivity index (χ2v) is 6.03. The number of rotatable bonds is 5. The Bertz CT molecular complexity index is 423. The maximum absolute atomic E-state index is 13.0. The van der Waals surface area contributed by atoms with Crippen LogP contribution in [0.2, 0.25) is 5.02 Å². The minimum absolute atomic E-state index is 0.200. The van der Waals surface area contributed by atoms with Gasteiger partial charge in [0.05, 0.1) is 5.02 Å². The van der Waals surface area contributed by atoms with Crippen LogP contribution < -0.4 is 5.32 Å². The van der Waals surface area contributed by atoms with Crippen molar-refractivity contribution < 1.29 is 4.39 Å². The molecular weight excluding hydrogens is 263 g/mol. The van der Waals surface area contributed by atoms with Gasteiger partial charge in [0.25, 0.3) is 0 Å². The maximum Gasteiger partial charge on any atom is 0.141 e. The fourth-order valence-corrected chi connectivity index (χ4v) is 2.77. The molecule has 0 aliphatic carbocycles. The Morgan fingerprint density at radius 2 is 2.26 bits per heavy atom. The Morgan fingerprint density at radius 1 is 1.47 bits per heavy atom. The van der Waals surface area contributed by atoms with Crippen molar-refractivity contribution in [3.63, 3.8) is 0 Å². The first kappa shape index (κ1) is 14.8. The molecule has 1 unspecified atom stereocenters. The van der Waals surface area contributed by atoms with Crippen LogP contribution in [0, 0.1) is 11.7 Å². The van der Waals surface area contributed by atoms with E-state index >= 15 is 0 Å². The summed E-state index contributed by atoms with van der Waals surface area (Å²) in [6, 6.07) is 5.54. The lowest BCUT2D eigenvalue weighted by Crippen LogP contribution is -2.30. The van der Waals surface area contributed by atoms with Gasteiger partial charge in [0.15, 0.2) is 0 Å². The third-order valence-corrected chi connectivity index (χ3v) is 4.08. The van der Waals surface area contributed by atoms with Crippen molar-refractivity contribution in [1.82, 2.24) is 10.2 Å². The van der Waals surface area contributed by atoms with Crippen molar-refractivity contribution >= 4 is 11.6 Å². The third-order valence-electron chi connectivity index (χ3n) is 3.79. The molecule has 0 spiro atoms. The molecule has 19 heavy (non-hydrogen) atoms. The van der Waals surface area contributed by atoms with Gasteiger partial charge in [-0.15, -0.1) is 0 Å². The number of benzene rings is 1. The maximum atomic E-state index is 13.0. The van der Waals surface area contributed by atoms with E-state index in [0.29, 0.717) is 6.04 Å². The molecular formula is C15H22ClFN2. The van der Waals surface area contributed by atoms with Gasteiger partial charge in [0.2, 0.25) is 0 Å². The molecule has 2 nitrogen and oxygen atoms in total. The molecule has 0 bridgehead atoms. The first-order valence-electron chi connectivity index (χ1n) is 6.95. The second kappa shape index (κ2) is 6.69. The minimum Gasteiger partial charge on any atom is -0.312 e. The van der Waals surface area contributed by atoms with Crippen LogP contribution in [0.25, 0.3) is 0 Å². The van der Waals surface area contributed by atoms with E-state index in [2.05, 4.69) is 24.1 Å². The van der Waals surface area contributed by atoms with Gasteiger partial charge in [0.1, 0.15) is 5.82 Å². The van der Waals surface area contributed by atoms with Crippen LogP contribution in [-0.4, -0.2) is 30.6 Å². The van der Waals surface area contributed by atoms with Gasteiger partial charge in [-0.1, -0.05) is 17.7 Å². The van der Waals surface area contributed by atoms with Crippen molar-refractivity contribution in [1.29, 1.82) is 0 Å². The Balaban J connectivity index is 1.73. The van der Waals surface area contributed by atoms with Crippen LogP contribution in [-0.2, 0) is 6.54 Å². The zero-order valence-electron chi connectivity index (χ0n) is 11.6. The highest BCUT2D eigenvalue weighted by atomic mass is 35.5. The van der Waals surface area contributed by atoms with Gasteiger partial charge < -0.3 is 10.2 Å². The molecule has 1 fully saturated rings. The summed E-state index contributed by atoms with van der Waals surface area (Å²) in [5.41, 5.74) is 1.03. The first-order chi connectivity index (χ1) is 9.06. The number of likely N-dealkylation sites (tertiary alicyclic amines) is 1. The third kappa shape index (κ3) is 4.16. The molecule has 0 saturated carbocycles. The summed E-state index contributed by atoms with van der Waals surface area (Å²) in [5, 5.41) is 3.64. The predicted octanol–water partition coefficient (Wildman–Crippen LogP) is 3.30. The minimum atomic E-state index is -0.353. The Kier molecular flexibility index (Phi) is 5.20. The Morgan fingerprint density at radius 3 is 2.89 bits per heavy atom. The monoisotopic (exact) mass is 284 g/mol. The molecule has 4 heteroatoms. The van der Waals surface area contributed by atoms with E-state index in [1.165, 1.54) is 25.6 Å². The van der Waals surface area contributed by atoms with Gasteiger partial charge in [-0.2, -0.15) is 0 Å². The summed E-state index contributed by atoms with van der Waals surface area (Å²) < 4.78 is 13.0. The Hall–Kier alpha value is -0.640. The van der Waals surface area contributed by atoms with Gasteiger partial charge >= 0.3 is 0 Å². The summed E-state index contributed by atoms with van der Waals surface area (Å²) in [6.07, 6.45) is 1.26. The number of hydrogen-bond acceptors (Lipinski definition) is 2. The quantitative estimate of drug-likeness (QED) is 0.892. The SMILES string of the molecule is CC(C)N1CCC(CNCc2ccc(F)c(Cl)c2)C1. The normalized spacial score (nSPS) is 20.4. The Labute approximate surface area is 119 Å². The van der Waals surface area contributed by atoms with E-state index < -0.39 is 0 Å². The highest BCUT2D eigenvalue weighted by Crippen LogP contribution is 2.18. The zero-order chi connectivity index (χ0) is 13.8. The molecule has 1 atom stereocenters. The zero-order valence-corrected chi connectivity index (χ0v) is 12.4. The van der Waals surface area contributed by atoms with Crippen LogP contribution in [0.15, 0.2) is 18.2 Å². The lowest BCUT2D eigenvalue weighted by molar-refractivity contribution is 0.264. The van der Waals surface area contributed by atoms with Crippen molar-refractivity contribution in [2.24, 2.45) is 5.92 Å². The van der Waals surface area contributed by atoms with E-state index in [0.717, 1.165) is 24.6 Å². The molecule has 0 amide bonds. The second-order valence-electron chi connectivity index (χ2n) is 5.62. The van der Waals surface area contributed by atoms with Crippen LogP contribution in [0.4, 0.5) is 4.39 Å². The van der Waals surface area contributed by atoms with Crippen molar-refractivity contribution in [2.75, 3.05) is 19.6 Å². The van der Waals surface area contributed by atoms with Crippen molar-refractivity contribution in [3.8, 4) is 0 Å². The van der Waals surface area contributed by atoms with E-state index in [1.54, 1.807) is 12.1 Å². The molecule has 1 aliphatic rings. The fraction of sp³-hybridized carbons (Fsp3) is 0.600. The molecule has 1 heterocycles. The van der Waals surface area contributed by atoms with E-state index in [-0.39, 0.29) is 10.8 Å². The van der Waals surface area contributed by atoms with E-state index in [9.17, 15) is 4.39 Å². The number of hydrogen-bond donors (Lipinski definition) is 1. The average molecular weight is 285 g/mol. The fourth-order valence-electron chi connectivity index (χ4n) is 2.57. The topological polar surface area (TPSA) is 15.3 Å². The molecule has 2 rings (SSSR count). The van der Waals surface area contributed by atoms with Crippen LogP contribution in [0.1, 0.15) is 25.8 Å². The summed E-state index contributed by atoms with van der Waals surface area (Å²) in [5.74, 6) is 0.368. The first-order valence-corrected chi connectivity index (χ1v) is 7.32. The predicted molar refractivity (Wildman–Crippen MR) is 77.9 cm³/mol. The smallest absolute Gasteiger partial charge is 0.141 e. The summed E-state index contributed by atoms with van der Waals surface area (Å²) in [4.78, 5) is 2.51. The highest BCUT2D eigenvalue weighted by Gasteiger charge is 2.23. The van der Waals surface area contributed by atoms with E-state index in [1.807, 2.05) is 0 Å². The van der Waals surface area contributed by atoms with Crippen molar-refractivity contribution in [3.05, 3.63) is 34.6 Å².